The van der Waals surface area contributed by atoms with Crippen molar-refractivity contribution < 1.29 is 14.3 Å². The summed E-state index contributed by atoms with van der Waals surface area (Å²) >= 11 is 3.75. The average molecular weight is 442 g/mol. The molecule has 3 rings (SSSR count). The molecule has 0 amide bonds. The van der Waals surface area contributed by atoms with E-state index in [1.165, 1.54) is 27.1 Å². The monoisotopic (exact) mass is 441 g/mol. The third-order valence-electron chi connectivity index (χ3n) is 4.62. The van der Waals surface area contributed by atoms with E-state index in [9.17, 15) is 4.79 Å². The first-order valence-electron chi connectivity index (χ1n) is 9.85. The van der Waals surface area contributed by atoms with E-state index in [0.29, 0.717) is 11.0 Å². The first kappa shape index (κ1) is 22.4. The zero-order valence-corrected chi connectivity index (χ0v) is 19.0. The molecule has 1 N–H and O–H groups in total. The normalized spacial score (nSPS) is 14.2. The lowest BCUT2D eigenvalue weighted by Crippen LogP contribution is -2.15. The number of allylic oxidation sites excluding steroid dienone is 1. The van der Waals surface area contributed by atoms with Crippen molar-refractivity contribution in [1.29, 1.82) is 0 Å². The molecule has 0 aromatic heterocycles. The summed E-state index contributed by atoms with van der Waals surface area (Å²) < 4.78 is 10.6. The number of aryl methyl sites for hydroxylation is 1. The molecule has 0 saturated carbocycles. The second-order valence-corrected chi connectivity index (χ2v) is 9.23. The highest BCUT2D eigenvalue weighted by molar-refractivity contribution is 8.06. The van der Waals surface area contributed by atoms with Crippen LogP contribution >= 0.6 is 23.5 Å². The molecule has 158 valence electrons. The molecule has 0 radical (unpaired) electrons. The van der Waals surface area contributed by atoms with E-state index in [-0.39, 0.29) is 13.2 Å². The van der Waals surface area contributed by atoms with Gasteiger partial charge in [-0.2, -0.15) is 0 Å². The van der Waals surface area contributed by atoms with Crippen molar-refractivity contribution in [1.82, 2.24) is 5.32 Å². The van der Waals surface area contributed by atoms with Crippen molar-refractivity contribution in [3.8, 4) is 5.75 Å². The smallest absolute Gasteiger partial charge is 0.344 e. The van der Waals surface area contributed by atoms with Crippen LogP contribution in [0.2, 0.25) is 0 Å². The molecule has 30 heavy (non-hydrogen) atoms. The third kappa shape index (κ3) is 6.34. The van der Waals surface area contributed by atoms with E-state index in [1.54, 1.807) is 0 Å². The summed E-state index contributed by atoms with van der Waals surface area (Å²) in [5.74, 6) is 1.23. The topological polar surface area (TPSA) is 47.6 Å². The summed E-state index contributed by atoms with van der Waals surface area (Å²) in [6.45, 7) is 7.77. The Morgan fingerprint density at radius 2 is 2.07 bits per heavy atom. The number of benzene rings is 2. The summed E-state index contributed by atoms with van der Waals surface area (Å²) in [6, 6.07) is 16.7. The zero-order valence-electron chi connectivity index (χ0n) is 17.4. The Labute approximate surface area is 187 Å². The molecule has 0 saturated heterocycles. The van der Waals surface area contributed by atoms with Gasteiger partial charge in [-0.1, -0.05) is 43.0 Å². The molecule has 1 heterocycles. The lowest BCUT2D eigenvalue weighted by molar-refractivity contribution is -0.144. The number of ether oxygens (including phenoxy) is 2. The minimum atomic E-state index is -0.399. The summed E-state index contributed by atoms with van der Waals surface area (Å²) in [4.78, 5) is 14.2. The van der Waals surface area contributed by atoms with E-state index in [4.69, 9.17) is 9.47 Å². The van der Waals surface area contributed by atoms with Gasteiger partial charge in [-0.15, -0.1) is 23.5 Å². The van der Waals surface area contributed by atoms with Crippen LogP contribution in [0.3, 0.4) is 0 Å². The van der Waals surface area contributed by atoms with Gasteiger partial charge in [-0.25, -0.2) is 4.79 Å². The lowest BCUT2D eigenvalue weighted by atomic mass is 10.1. The van der Waals surface area contributed by atoms with E-state index < -0.39 is 5.97 Å². The SMILES string of the molecule is C=CCOC(=O)COc1ccc(S[C@H](Cc2ccccc2)C2=C(C)NCS2)cc1C. The number of thioether (sulfide) groups is 2. The number of hydrogen-bond donors (Lipinski definition) is 1. The van der Waals surface area contributed by atoms with Crippen LogP contribution in [-0.2, 0) is 16.0 Å². The Morgan fingerprint density at radius 1 is 1.27 bits per heavy atom. The number of nitrogens with one attached hydrogen (secondary N) is 1. The maximum Gasteiger partial charge on any atom is 0.344 e. The summed E-state index contributed by atoms with van der Waals surface area (Å²) in [6.07, 6.45) is 2.51. The summed E-state index contributed by atoms with van der Waals surface area (Å²) in [5, 5.41) is 3.78. The molecule has 0 fully saturated rings. The van der Waals surface area contributed by atoms with Crippen LogP contribution in [0.25, 0.3) is 0 Å². The molecule has 1 aliphatic heterocycles. The molecular formula is C24H27NO3S2. The zero-order chi connectivity index (χ0) is 21.3. The highest BCUT2D eigenvalue weighted by Gasteiger charge is 2.23. The molecule has 0 spiro atoms. The van der Waals surface area contributed by atoms with Gasteiger partial charge in [-0.3, -0.25) is 0 Å². The fourth-order valence-corrected chi connectivity index (χ4v) is 5.75. The van der Waals surface area contributed by atoms with Crippen LogP contribution < -0.4 is 10.1 Å². The van der Waals surface area contributed by atoms with Gasteiger partial charge in [0, 0.05) is 20.7 Å². The van der Waals surface area contributed by atoms with Crippen molar-refractivity contribution in [2.24, 2.45) is 0 Å². The third-order valence-corrected chi connectivity index (χ3v) is 7.18. The van der Waals surface area contributed by atoms with Gasteiger partial charge in [-0.05, 0) is 49.6 Å². The van der Waals surface area contributed by atoms with E-state index in [0.717, 1.165) is 17.9 Å². The molecule has 4 nitrogen and oxygen atoms in total. The van der Waals surface area contributed by atoms with Crippen molar-refractivity contribution in [2.75, 3.05) is 19.1 Å². The minimum absolute atomic E-state index is 0.105. The van der Waals surface area contributed by atoms with Gasteiger partial charge < -0.3 is 14.8 Å². The Kier molecular flexibility index (Phi) is 8.34. The van der Waals surface area contributed by atoms with Crippen LogP contribution in [0.15, 0.2) is 76.7 Å². The van der Waals surface area contributed by atoms with Gasteiger partial charge in [0.15, 0.2) is 6.61 Å². The summed E-state index contributed by atoms with van der Waals surface area (Å²) in [7, 11) is 0. The number of carbonyl (C=O) groups is 1. The molecule has 6 heteroatoms. The van der Waals surface area contributed by atoms with Gasteiger partial charge in [0.05, 0.1) is 5.88 Å². The van der Waals surface area contributed by atoms with Crippen molar-refractivity contribution in [3.05, 3.63) is 82.9 Å². The molecule has 2 aromatic rings. The number of esters is 1. The molecule has 0 bridgehead atoms. The Morgan fingerprint density at radius 3 is 2.73 bits per heavy atom. The Balaban J connectivity index is 1.70. The van der Waals surface area contributed by atoms with E-state index >= 15 is 0 Å². The highest BCUT2D eigenvalue weighted by Crippen LogP contribution is 2.40. The fraction of sp³-hybridized carbons (Fsp3) is 0.292. The predicted octanol–water partition coefficient (Wildman–Crippen LogP) is 5.33. The predicted molar refractivity (Wildman–Crippen MR) is 126 cm³/mol. The Bertz CT molecular complexity index is 912. The van der Waals surface area contributed by atoms with E-state index in [2.05, 4.69) is 61.3 Å². The first-order chi connectivity index (χ1) is 14.6. The van der Waals surface area contributed by atoms with E-state index in [1.807, 2.05) is 36.5 Å². The highest BCUT2D eigenvalue weighted by atomic mass is 32.2. The van der Waals surface area contributed by atoms with Crippen LogP contribution in [0, 0.1) is 6.92 Å². The van der Waals surface area contributed by atoms with Crippen LogP contribution in [-0.4, -0.2) is 30.3 Å². The van der Waals surface area contributed by atoms with Crippen LogP contribution in [0.1, 0.15) is 18.1 Å². The van der Waals surface area contributed by atoms with Crippen molar-refractivity contribution in [2.45, 2.75) is 30.4 Å². The number of rotatable bonds is 10. The minimum Gasteiger partial charge on any atom is -0.482 e. The Hall–Kier alpha value is -2.31. The van der Waals surface area contributed by atoms with Gasteiger partial charge in [0.2, 0.25) is 0 Å². The van der Waals surface area contributed by atoms with Crippen LogP contribution in [0.5, 0.6) is 5.75 Å². The summed E-state index contributed by atoms with van der Waals surface area (Å²) in [5.41, 5.74) is 3.60. The van der Waals surface area contributed by atoms with Gasteiger partial charge in [0.25, 0.3) is 0 Å². The standard InChI is InChI=1S/C24H27NO3S2/c1-4-12-27-23(26)15-28-21-11-10-20(13-17(21)2)30-22(24-18(3)25-16-29-24)14-19-8-6-5-7-9-19/h4-11,13,22,25H,1,12,14-16H2,2-3H3/t22-/m1/s1. The molecule has 2 aromatic carbocycles. The fourth-order valence-electron chi connectivity index (χ4n) is 3.12. The maximum atomic E-state index is 11.6. The first-order valence-corrected chi connectivity index (χ1v) is 11.7. The van der Waals surface area contributed by atoms with Gasteiger partial charge in [0.1, 0.15) is 12.4 Å². The molecule has 0 aliphatic carbocycles. The number of hydrogen-bond acceptors (Lipinski definition) is 6. The van der Waals surface area contributed by atoms with Crippen molar-refractivity contribution in [3.63, 3.8) is 0 Å². The molecule has 0 unspecified atom stereocenters. The maximum absolute atomic E-state index is 11.6. The quantitative estimate of drug-likeness (QED) is 0.305. The number of carbonyl (C=O) groups excluding carboxylic acids is 1. The van der Waals surface area contributed by atoms with Crippen LogP contribution in [0.4, 0.5) is 0 Å². The lowest BCUT2D eigenvalue weighted by Gasteiger charge is -2.19. The molecular weight excluding hydrogens is 414 g/mol. The molecule has 1 aliphatic rings. The largest absolute Gasteiger partial charge is 0.482 e. The second kappa shape index (κ2) is 11.2. The molecule has 1 atom stereocenters. The average Bonchev–Trinajstić information content (AvgIpc) is 3.17. The van der Waals surface area contributed by atoms with Gasteiger partial charge >= 0.3 is 5.97 Å². The second-order valence-electron chi connectivity index (χ2n) is 6.94. The van der Waals surface area contributed by atoms with Crippen molar-refractivity contribution >= 4 is 29.5 Å².